The quantitative estimate of drug-likeness (QED) is 0.420. The van der Waals surface area contributed by atoms with E-state index >= 15 is 0 Å². The van der Waals surface area contributed by atoms with Crippen molar-refractivity contribution in [1.29, 1.82) is 0 Å². The number of halogens is 2. The fourth-order valence-electron chi connectivity index (χ4n) is 3.24. The lowest BCUT2D eigenvalue weighted by molar-refractivity contribution is 0.355. The maximum atomic E-state index is 13.0. The van der Waals surface area contributed by atoms with Crippen LogP contribution in [0, 0.1) is 6.92 Å². The second kappa shape index (κ2) is 7.71. The Hall–Kier alpha value is -2.54. The summed E-state index contributed by atoms with van der Waals surface area (Å²) in [5, 5.41) is 1.44. The predicted molar refractivity (Wildman–Crippen MR) is 119 cm³/mol. The smallest absolute Gasteiger partial charge is 0.260 e. The maximum Gasteiger partial charge on any atom is 0.260 e. The molecule has 0 amide bonds. The van der Waals surface area contributed by atoms with E-state index < -0.39 is 0 Å². The largest absolute Gasteiger partial charge is 0.493 e. The highest BCUT2D eigenvalue weighted by atomic mass is 35.5. The summed E-state index contributed by atoms with van der Waals surface area (Å²) >= 11 is 13.7. The van der Waals surface area contributed by atoms with Gasteiger partial charge in [-0.25, -0.2) is 4.98 Å². The molecule has 29 heavy (non-hydrogen) atoms. The van der Waals surface area contributed by atoms with Crippen molar-refractivity contribution >= 4 is 44.8 Å². The summed E-state index contributed by atoms with van der Waals surface area (Å²) in [6, 6.07) is 10.7. The van der Waals surface area contributed by atoms with Gasteiger partial charge in [-0.1, -0.05) is 29.3 Å². The zero-order valence-electron chi connectivity index (χ0n) is 15.8. The van der Waals surface area contributed by atoms with E-state index in [0.29, 0.717) is 37.6 Å². The van der Waals surface area contributed by atoms with Gasteiger partial charge in [0.2, 0.25) is 0 Å². The highest BCUT2D eigenvalue weighted by Crippen LogP contribution is 2.38. The van der Waals surface area contributed by atoms with E-state index in [2.05, 4.69) is 4.98 Å². The summed E-state index contributed by atoms with van der Waals surface area (Å²) in [6.45, 7) is 1.96. The number of ether oxygens (including phenoxy) is 2. The predicted octanol–water partition coefficient (Wildman–Crippen LogP) is 5.95. The van der Waals surface area contributed by atoms with Crippen LogP contribution < -0.4 is 15.0 Å². The van der Waals surface area contributed by atoms with Crippen LogP contribution in [0.1, 0.15) is 4.88 Å². The molecule has 8 heteroatoms. The van der Waals surface area contributed by atoms with E-state index in [9.17, 15) is 4.79 Å². The third kappa shape index (κ3) is 3.48. The molecule has 2 aromatic heterocycles. The van der Waals surface area contributed by atoms with Crippen LogP contribution in [0.4, 0.5) is 0 Å². The molecule has 5 nitrogen and oxygen atoms in total. The molecule has 0 aliphatic rings. The maximum absolute atomic E-state index is 13.0. The third-order valence-electron chi connectivity index (χ3n) is 4.60. The molecule has 4 aromatic rings. The Morgan fingerprint density at radius 2 is 1.69 bits per heavy atom. The van der Waals surface area contributed by atoms with Crippen molar-refractivity contribution in [1.82, 2.24) is 9.97 Å². The lowest BCUT2D eigenvalue weighted by atomic mass is 10.0. The molecule has 0 atom stereocenters. The molecule has 0 radical (unpaired) electrons. The van der Waals surface area contributed by atoms with E-state index in [1.165, 1.54) is 11.3 Å². The number of nitrogens with one attached hydrogen (secondary N) is 1. The van der Waals surface area contributed by atoms with Gasteiger partial charge in [-0.2, -0.15) is 0 Å². The van der Waals surface area contributed by atoms with E-state index in [1.807, 2.05) is 19.1 Å². The van der Waals surface area contributed by atoms with Crippen molar-refractivity contribution in [2.75, 3.05) is 14.2 Å². The van der Waals surface area contributed by atoms with Crippen molar-refractivity contribution in [3.63, 3.8) is 0 Å². The molecule has 2 heterocycles. The Labute approximate surface area is 180 Å². The molecule has 0 bridgehead atoms. The molecule has 0 saturated heterocycles. The summed E-state index contributed by atoms with van der Waals surface area (Å²) in [5.41, 5.74) is 2.15. The van der Waals surface area contributed by atoms with E-state index in [-0.39, 0.29) is 5.56 Å². The van der Waals surface area contributed by atoms with Crippen LogP contribution in [0.15, 0.2) is 41.2 Å². The number of aromatic nitrogens is 2. The van der Waals surface area contributed by atoms with Gasteiger partial charge in [-0.05, 0) is 42.8 Å². The van der Waals surface area contributed by atoms with Crippen molar-refractivity contribution < 1.29 is 9.47 Å². The van der Waals surface area contributed by atoms with Gasteiger partial charge in [0.15, 0.2) is 11.5 Å². The number of fused-ring (bicyclic) bond motifs is 1. The average Bonchev–Trinajstić information content (AvgIpc) is 3.05. The summed E-state index contributed by atoms with van der Waals surface area (Å²) < 4.78 is 10.6. The molecular weight excluding hydrogens is 431 g/mol. The monoisotopic (exact) mass is 446 g/mol. The minimum absolute atomic E-state index is 0.217. The molecule has 148 valence electrons. The number of benzene rings is 2. The molecule has 0 aliphatic carbocycles. The first-order valence-corrected chi connectivity index (χ1v) is 10.2. The second-order valence-corrected chi connectivity index (χ2v) is 8.34. The summed E-state index contributed by atoms with van der Waals surface area (Å²) in [4.78, 5) is 22.2. The molecule has 0 spiro atoms. The molecule has 1 N–H and O–H groups in total. The van der Waals surface area contributed by atoms with Crippen molar-refractivity contribution in [2.24, 2.45) is 0 Å². The Balaban J connectivity index is 1.90. The van der Waals surface area contributed by atoms with Gasteiger partial charge in [0.25, 0.3) is 5.56 Å². The van der Waals surface area contributed by atoms with Crippen LogP contribution in [-0.4, -0.2) is 24.2 Å². The first-order valence-electron chi connectivity index (χ1n) is 8.64. The zero-order chi connectivity index (χ0) is 20.7. The lowest BCUT2D eigenvalue weighted by Crippen LogP contribution is -2.09. The van der Waals surface area contributed by atoms with Gasteiger partial charge in [0.05, 0.1) is 29.7 Å². The Morgan fingerprint density at radius 3 is 2.38 bits per heavy atom. The fourth-order valence-corrected chi connectivity index (χ4v) is 4.58. The standard InChI is InChI=1S/C21H16Cl2N2O3S/c1-10-17(11-4-6-13(22)14(23)8-11)18-20(26)24-19(25-21(18)29-10)12-5-7-15(27-2)16(9-12)28-3/h4-9H,1-3H3,(H,24,25,26). The van der Waals surface area contributed by atoms with E-state index in [1.54, 1.807) is 38.5 Å². The SMILES string of the molecule is COc1ccc(-c2nc3sc(C)c(-c4ccc(Cl)c(Cl)c4)c3c(=O)[nH]2)cc1OC. The van der Waals surface area contributed by atoms with Crippen LogP contribution in [0.2, 0.25) is 10.0 Å². The van der Waals surface area contributed by atoms with E-state index in [4.69, 9.17) is 37.7 Å². The van der Waals surface area contributed by atoms with Gasteiger partial charge in [0.1, 0.15) is 10.7 Å². The second-order valence-electron chi connectivity index (χ2n) is 6.33. The summed E-state index contributed by atoms with van der Waals surface area (Å²) in [7, 11) is 3.13. The Morgan fingerprint density at radius 1 is 0.966 bits per heavy atom. The number of thiophene rings is 1. The van der Waals surface area contributed by atoms with Crippen LogP contribution in [0.5, 0.6) is 11.5 Å². The van der Waals surface area contributed by atoms with E-state index in [0.717, 1.165) is 21.6 Å². The number of methoxy groups -OCH3 is 2. The van der Waals surface area contributed by atoms with Gasteiger partial charge >= 0.3 is 0 Å². The first-order chi connectivity index (χ1) is 13.9. The van der Waals surface area contributed by atoms with Gasteiger partial charge in [0, 0.05) is 16.0 Å². The van der Waals surface area contributed by atoms with Crippen LogP contribution >= 0.6 is 34.5 Å². The lowest BCUT2D eigenvalue weighted by Gasteiger charge is -2.09. The van der Waals surface area contributed by atoms with Crippen molar-refractivity contribution in [3.05, 3.63) is 61.7 Å². The summed E-state index contributed by atoms with van der Waals surface area (Å²) in [6.07, 6.45) is 0. The number of nitrogens with zero attached hydrogens (tertiary/aromatic N) is 1. The minimum Gasteiger partial charge on any atom is -0.493 e. The molecule has 0 saturated carbocycles. The van der Waals surface area contributed by atoms with Gasteiger partial charge in [-0.3, -0.25) is 4.79 Å². The molecular formula is C21H16Cl2N2O3S. The topological polar surface area (TPSA) is 64.2 Å². The highest BCUT2D eigenvalue weighted by molar-refractivity contribution is 7.19. The van der Waals surface area contributed by atoms with Gasteiger partial charge < -0.3 is 14.5 Å². The first kappa shape index (κ1) is 19.8. The zero-order valence-corrected chi connectivity index (χ0v) is 18.1. The Kier molecular flexibility index (Phi) is 5.25. The average molecular weight is 447 g/mol. The molecule has 0 fully saturated rings. The number of aryl methyl sites for hydroxylation is 1. The molecule has 0 aliphatic heterocycles. The summed E-state index contributed by atoms with van der Waals surface area (Å²) in [5.74, 6) is 1.63. The van der Waals surface area contributed by atoms with Crippen molar-refractivity contribution in [2.45, 2.75) is 6.92 Å². The van der Waals surface area contributed by atoms with Crippen LogP contribution in [0.25, 0.3) is 32.7 Å². The highest BCUT2D eigenvalue weighted by Gasteiger charge is 2.18. The molecule has 0 unspecified atom stereocenters. The third-order valence-corrected chi connectivity index (χ3v) is 6.34. The van der Waals surface area contributed by atoms with Crippen molar-refractivity contribution in [3.8, 4) is 34.0 Å². The number of hydrogen-bond acceptors (Lipinski definition) is 5. The number of H-pyrrole nitrogens is 1. The fraction of sp³-hybridized carbons (Fsp3) is 0.143. The number of hydrogen-bond donors (Lipinski definition) is 1. The number of aromatic amines is 1. The van der Waals surface area contributed by atoms with Crippen LogP contribution in [0.3, 0.4) is 0 Å². The van der Waals surface area contributed by atoms with Crippen LogP contribution in [-0.2, 0) is 0 Å². The normalized spacial score (nSPS) is 11.1. The number of rotatable bonds is 4. The Bertz CT molecular complexity index is 1300. The molecule has 4 rings (SSSR count). The van der Waals surface area contributed by atoms with Gasteiger partial charge in [-0.15, -0.1) is 11.3 Å². The minimum atomic E-state index is -0.217. The molecule has 2 aromatic carbocycles.